The average Bonchev–Trinajstić information content (AvgIpc) is 2.42. The van der Waals surface area contributed by atoms with Crippen molar-refractivity contribution in [3.8, 4) is 11.5 Å². The van der Waals surface area contributed by atoms with E-state index in [1.807, 2.05) is 0 Å². The minimum absolute atomic E-state index is 0.144. The Hall–Kier alpha value is -1.46. The summed E-state index contributed by atoms with van der Waals surface area (Å²) in [6.07, 6.45) is 0. The summed E-state index contributed by atoms with van der Waals surface area (Å²) in [5, 5.41) is 19.1. The van der Waals surface area contributed by atoms with Crippen molar-refractivity contribution in [2.45, 2.75) is 0 Å². The number of alkyl halides is 1. The highest BCUT2D eigenvalue weighted by molar-refractivity contribution is 6.18. The van der Waals surface area contributed by atoms with Crippen molar-refractivity contribution in [3.63, 3.8) is 0 Å². The van der Waals surface area contributed by atoms with Crippen molar-refractivity contribution in [1.82, 2.24) is 9.80 Å². The smallest absolute Gasteiger partial charge is 0.257 e. The molecule has 0 saturated carbocycles. The van der Waals surface area contributed by atoms with Gasteiger partial charge in [-0.05, 0) is 12.1 Å². The van der Waals surface area contributed by atoms with Crippen LogP contribution in [0.4, 0.5) is 0 Å². The molecule has 1 heterocycles. The number of phenolic OH excluding ortho intramolecular Hbond substituents is 2. The molecule has 1 aliphatic heterocycles. The normalized spacial score (nSPS) is 16.6. The van der Waals surface area contributed by atoms with Gasteiger partial charge in [0.1, 0.15) is 0 Å². The predicted molar refractivity (Wildman–Crippen MR) is 72.8 cm³/mol. The van der Waals surface area contributed by atoms with Gasteiger partial charge in [-0.1, -0.05) is 6.07 Å². The minimum Gasteiger partial charge on any atom is -0.504 e. The standard InChI is InChI=1S/C13H17ClN2O3/c14-4-5-15-6-8-16(9-7-15)13(19)10-2-1-3-11(17)12(10)18/h1-3,17-18H,4-9H2. The predicted octanol–water partition coefficient (Wildman–Crippen LogP) is 1.09. The molecule has 6 heteroatoms. The Kier molecular flexibility index (Phi) is 4.50. The van der Waals surface area contributed by atoms with E-state index in [9.17, 15) is 15.0 Å². The second-order valence-electron chi connectivity index (χ2n) is 4.50. The number of aromatic hydroxyl groups is 2. The van der Waals surface area contributed by atoms with Crippen molar-refractivity contribution >= 4 is 17.5 Å². The molecule has 0 atom stereocenters. The lowest BCUT2D eigenvalue weighted by atomic mass is 10.1. The van der Waals surface area contributed by atoms with Crippen LogP contribution in [0.5, 0.6) is 11.5 Å². The van der Waals surface area contributed by atoms with E-state index in [4.69, 9.17) is 11.6 Å². The third-order valence-electron chi connectivity index (χ3n) is 3.31. The molecular weight excluding hydrogens is 268 g/mol. The van der Waals surface area contributed by atoms with E-state index in [0.29, 0.717) is 19.0 Å². The number of amides is 1. The molecule has 1 aromatic rings. The van der Waals surface area contributed by atoms with E-state index in [1.54, 1.807) is 11.0 Å². The van der Waals surface area contributed by atoms with E-state index in [-0.39, 0.29) is 23.0 Å². The maximum absolute atomic E-state index is 12.2. The molecule has 0 radical (unpaired) electrons. The van der Waals surface area contributed by atoms with Gasteiger partial charge in [-0.3, -0.25) is 9.69 Å². The Labute approximate surface area is 117 Å². The fourth-order valence-electron chi connectivity index (χ4n) is 2.17. The summed E-state index contributed by atoms with van der Waals surface area (Å²) in [6.45, 7) is 3.58. The first-order valence-corrected chi connectivity index (χ1v) is 6.75. The Morgan fingerprint density at radius 1 is 1.21 bits per heavy atom. The molecule has 1 aromatic carbocycles. The highest BCUT2D eigenvalue weighted by Crippen LogP contribution is 2.29. The van der Waals surface area contributed by atoms with Gasteiger partial charge in [0.15, 0.2) is 11.5 Å². The van der Waals surface area contributed by atoms with E-state index in [1.165, 1.54) is 12.1 Å². The van der Waals surface area contributed by atoms with Crippen molar-refractivity contribution in [2.75, 3.05) is 38.6 Å². The zero-order valence-electron chi connectivity index (χ0n) is 10.5. The summed E-state index contributed by atoms with van der Waals surface area (Å²) < 4.78 is 0. The molecule has 0 bridgehead atoms. The van der Waals surface area contributed by atoms with Crippen molar-refractivity contribution in [2.24, 2.45) is 0 Å². The summed E-state index contributed by atoms with van der Waals surface area (Å²) in [4.78, 5) is 16.1. The van der Waals surface area contributed by atoms with Gasteiger partial charge in [0.2, 0.25) is 0 Å². The molecule has 0 aromatic heterocycles. The highest BCUT2D eigenvalue weighted by atomic mass is 35.5. The number of piperazine rings is 1. The van der Waals surface area contributed by atoms with Crippen molar-refractivity contribution in [1.29, 1.82) is 0 Å². The average molecular weight is 285 g/mol. The Morgan fingerprint density at radius 3 is 2.53 bits per heavy atom. The minimum atomic E-state index is -0.351. The summed E-state index contributed by atoms with van der Waals surface area (Å²) >= 11 is 5.68. The largest absolute Gasteiger partial charge is 0.504 e. The van der Waals surface area contributed by atoms with Crippen LogP contribution in [0.2, 0.25) is 0 Å². The molecule has 5 nitrogen and oxygen atoms in total. The first-order valence-electron chi connectivity index (χ1n) is 6.22. The third kappa shape index (κ3) is 3.11. The van der Waals surface area contributed by atoms with Crippen LogP contribution in [-0.4, -0.2) is 64.5 Å². The van der Waals surface area contributed by atoms with E-state index >= 15 is 0 Å². The second-order valence-corrected chi connectivity index (χ2v) is 4.87. The van der Waals surface area contributed by atoms with Gasteiger partial charge >= 0.3 is 0 Å². The first kappa shape index (κ1) is 14.0. The molecule has 1 amide bonds. The lowest BCUT2D eigenvalue weighted by molar-refractivity contribution is 0.0641. The molecule has 0 spiro atoms. The highest BCUT2D eigenvalue weighted by Gasteiger charge is 2.24. The number of carbonyl (C=O) groups is 1. The van der Waals surface area contributed by atoms with Gasteiger partial charge in [0, 0.05) is 38.6 Å². The van der Waals surface area contributed by atoms with Crippen LogP contribution in [0, 0.1) is 0 Å². The van der Waals surface area contributed by atoms with Gasteiger partial charge < -0.3 is 15.1 Å². The fraction of sp³-hybridized carbons (Fsp3) is 0.462. The lowest BCUT2D eigenvalue weighted by Crippen LogP contribution is -2.49. The quantitative estimate of drug-likeness (QED) is 0.644. The van der Waals surface area contributed by atoms with Crippen LogP contribution >= 0.6 is 11.6 Å². The van der Waals surface area contributed by atoms with Crippen molar-refractivity contribution in [3.05, 3.63) is 23.8 Å². The fourth-order valence-corrected chi connectivity index (χ4v) is 2.41. The Morgan fingerprint density at radius 2 is 1.89 bits per heavy atom. The molecule has 19 heavy (non-hydrogen) atoms. The monoisotopic (exact) mass is 284 g/mol. The Bertz CT molecular complexity index is 459. The molecule has 2 N–H and O–H groups in total. The van der Waals surface area contributed by atoms with Crippen LogP contribution < -0.4 is 0 Å². The zero-order chi connectivity index (χ0) is 13.8. The zero-order valence-corrected chi connectivity index (χ0v) is 11.3. The lowest BCUT2D eigenvalue weighted by Gasteiger charge is -2.34. The van der Waals surface area contributed by atoms with Crippen LogP contribution in [0.15, 0.2) is 18.2 Å². The van der Waals surface area contributed by atoms with Crippen LogP contribution in [0.3, 0.4) is 0 Å². The number of hydrogen-bond donors (Lipinski definition) is 2. The summed E-state index contributed by atoms with van der Waals surface area (Å²) in [6, 6.07) is 4.42. The van der Waals surface area contributed by atoms with E-state index < -0.39 is 0 Å². The second kappa shape index (κ2) is 6.12. The number of nitrogens with zero attached hydrogens (tertiary/aromatic N) is 2. The number of hydrogen-bond acceptors (Lipinski definition) is 4. The van der Waals surface area contributed by atoms with Crippen LogP contribution in [0.1, 0.15) is 10.4 Å². The van der Waals surface area contributed by atoms with Crippen LogP contribution in [-0.2, 0) is 0 Å². The maximum atomic E-state index is 12.2. The molecular formula is C13H17ClN2O3. The maximum Gasteiger partial charge on any atom is 0.257 e. The number of halogens is 1. The van der Waals surface area contributed by atoms with E-state index in [2.05, 4.69) is 4.90 Å². The Balaban J connectivity index is 2.03. The number of phenols is 2. The summed E-state index contributed by atoms with van der Waals surface area (Å²) in [7, 11) is 0. The molecule has 1 aliphatic rings. The number of para-hydroxylation sites is 1. The van der Waals surface area contributed by atoms with Gasteiger partial charge in [0.05, 0.1) is 5.56 Å². The molecule has 1 saturated heterocycles. The first-order chi connectivity index (χ1) is 9.13. The van der Waals surface area contributed by atoms with E-state index in [0.717, 1.165) is 19.6 Å². The number of benzene rings is 1. The van der Waals surface area contributed by atoms with Gasteiger partial charge in [-0.2, -0.15) is 0 Å². The van der Waals surface area contributed by atoms with Gasteiger partial charge in [-0.25, -0.2) is 0 Å². The SMILES string of the molecule is O=C(c1cccc(O)c1O)N1CCN(CCCl)CC1. The molecule has 2 rings (SSSR count). The summed E-state index contributed by atoms with van der Waals surface area (Å²) in [5.74, 6) is -0.289. The number of rotatable bonds is 3. The molecule has 0 unspecified atom stereocenters. The van der Waals surface area contributed by atoms with Gasteiger partial charge in [-0.15, -0.1) is 11.6 Å². The van der Waals surface area contributed by atoms with Crippen molar-refractivity contribution < 1.29 is 15.0 Å². The van der Waals surface area contributed by atoms with Crippen LogP contribution in [0.25, 0.3) is 0 Å². The molecule has 104 valence electrons. The third-order valence-corrected chi connectivity index (χ3v) is 3.47. The number of carbonyl (C=O) groups excluding carboxylic acids is 1. The molecule has 0 aliphatic carbocycles. The topological polar surface area (TPSA) is 64.0 Å². The summed E-state index contributed by atoms with van der Waals surface area (Å²) in [5.41, 5.74) is 0.144. The van der Waals surface area contributed by atoms with Gasteiger partial charge in [0.25, 0.3) is 5.91 Å². The molecule has 1 fully saturated rings.